The number of aromatic carboxylic acids is 1. The molecule has 202 valence electrons. The maximum absolute atomic E-state index is 14.2. The van der Waals surface area contributed by atoms with Gasteiger partial charge in [-0.05, 0) is 54.5 Å². The van der Waals surface area contributed by atoms with E-state index in [-0.39, 0.29) is 29.6 Å². The number of ether oxygens (including phenoxy) is 2. The third-order valence-electron chi connectivity index (χ3n) is 7.06. The number of rotatable bonds is 9. The predicted octanol–water partition coefficient (Wildman–Crippen LogP) is 3.80. The monoisotopic (exact) mass is 540 g/mol. The van der Waals surface area contributed by atoms with E-state index in [4.69, 9.17) is 19.7 Å². The molecule has 0 amide bonds. The molecule has 10 nitrogen and oxygen atoms in total. The number of carboxylic acid groups (broad SMARTS) is 1. The smallest absolute Gasteiger partial charge is 0.335 e. The molecule has 2 aromatic carbocycles. The Hall–Kier alpha value is -4.66. The Balaban J connectivity index is 1.15. The minimum atomic E-state index is -0.971. The summed E-state index contributed by atoms with van der Waals surface area (Å²) in [7, 11) is 0. The van der Waals surface area contributed by atoms with E-state index in [1.54, 1.807) is 24.4 Å². The van der Waals surface area contributed by atoms with Gasteiger partial charge in [-0.15, -0.1) is 0 Å². The summed E-state index contributed by atoms with van der Waals surface area (Å²) in [6.07, 6.45) is 4.82. The molecule has 0 aliphatic carbocycles. The van der Waals surface area contributed by atoms with Crippen LogP contribution in [-0.2, 0) is 24.4 Å². The highest BCUT2D eigenvalue weighted by Gasteiger charge is 2.25. The van der Waals surface area contributed by atoms with Crippen molar-refractivity contribution in [2.45, 2.75) is 32.2 Å². The Morgan fingerprint density at radius 3 is 2.85 bits per heavy atom. The number of nitrogens with zero attached hydrogens (tertiary/aromatic N) is 6. The number of hydrogen-bond acceptors (Lipinski definition) is 8. The fourth-order valence-corrected chi connectivity index (χ4v) is 4.85. The Kier molecular flexibility index (Phi) is 6.94. The zero-order valence-corrected chi connectivity index (χ0v) is 21.5. The molecule has 1 atom stereocenters. The molecule has 1 N–H and O–H groups in total. The Labute approximate surface area is 228 Å². The van der Waals surface area contributed by atoms with Crippen LogP contribution in [0.15, 0.2) is 54.7 Å². The van der Waals surface area contributed by atoms with Crippen molar-refractivity contribution >= 4 is 22.6 Å². The van der Waals surface area contributed by atoms with E-state index in [0.29, 0.717) is 32.0 Å². The number of carboxylic acids is 1. The summed E-state index contributed by atoms with van der Waals surface area (Å²) in [5.74, 6) is -0.287. The molecule has 0 spiro atoms. The van der Waals surface area contributed by atoms with Crippen LogP contribution < -0.4 is 4.74 Å². The maximum atomic E-state index is 14.2. The number of aromatic nitrogens is 4. The van der Waals surface area contributed by atoms with Gasteiger partial charge in [-0.1, -0.05) is 6.08 Å². The van der Waals surface area contributed by atoms with E-state index in [2.05, 4.69) is 25.5 Å². The van der Waals surface area contributed by atoms with Gasteiger partial charge in [-0.25, -0.2) is 24.1 Å². The summed E-state index contributed by atoms with van der Waals surface area (Å²) in [6.45, 7) is 3.26. The van der Waals surface area contributed by atoms with Gasteiger partial charge < -0.3 is 19.1 Å². The van der Waals surface area contributed by atoms with Crippen LogP contribution in [0.3, 0.4) is 0 Å². The van der Waals surface area contributed by atoms with E-state index in [0.717, 1.165) is 47.2 Å². The van der Waals surface area contributed by atoms with E-state index in [1.807, 2.05) is 12.1 Å². The average Bonchev–Trinajstić information content (AvgIpc) is 3.54. The van der Waals surface area contributed by atoms with Gasteiger partial charge in [0, 0.05) is 25.9 Å². The fraction of sp³-hybridized carbons (Fsp3) is 0.276. The van der Waals surface area contributed by atoms with Gasteiger partial charge in [0.15, 0.2) is 17.4 Å². The van der Waals surface area contributed by atoms with Crippen LogP contribution in [0.1, 0.15) is 39.7 Å². The number of nitriles is 1. The molecule has 1 unspecified atom stereocenters. The third kappa shape index (κ3) is 5.27. The van der Waals surface area contributed by atoms with Crippen LogP contribution >= 0.6 is 0 Å². The minimum absolute atomic E-state index is 0.0146. The van der Waals surface area contributed by atoms with Crippen molar-refractivity contribution in [1.29, 1.82) is 5.26 Å². The second kappa shape index (κ2) is 10.8. The standard InChI is InChI=1S/C29H25FN6O4/c30-22-11-18(13-31)1-4-26(22)40-17-27-32-8-5-23(33-27)20-6-9-35(14-20)16-28-34-24-3-2-19(29(37)38)12-25(24)36(28)15-21-7-10-39-21/h1-6,8,11-12,21H,7,9-10,14-17H2,(H,37,38). The van der Waals surface area contributed by atoms with E-state index < -0.39 is 11.8 Å². The van der Waals surface area contributed by atoms with E-state index in [9.17, 15) is 14.3 Å². The highest BCUT2D eigenvalue weighted by Crippen LogP contribution is 2.26. The van der Waals surface area contributed by atoms with Crippen LogP contribution in [0, 0.1) is 17.1 Å². The minimum Gasteiger partial charge on any atom is -0.483 e. The topological polar surface area (TPSA) is 126 Å². The average molecular weight is 541 g/mol. The molecule has 4 heterocycles. The summed E-state index contributed by atoms with van der Waals surface area (Å²) < 4.78 is 27.4. The van der Waals surface area contributed by atoms with Gasteiger partial charge >= 0.3 is 5.97 Å². The molecule has 11 heteroatoms. The van der Waals surface area contributed by atoms with Gasteiger partial charge in [0.25, 0.3) is 0 Å². The molecule has 6 rings (SSSR count). The summed E-state index contributed by atoms with van der Waals surface area (Å²) in [5, 5.41) is 18.4. The number of benzene rings is 2. The van der Waals surface area contributed by atoms with Crippen LogP contribution in [0.2, 0.25) is 0 Å². The van der Waals surface area contributed by atoms with Crippen LogP contribution in [0.25, 0.3) is 16.6 Å². The Morgan fingerprint density at radius 1 is 1.23 bits per heavy atom. The summed E-state index contributed by atoms with van der Waals surface area (Å²) in [5.41, 5.74) is 3.79. The molecule has 2 aliphatic rings. The second-order valence-corrected chi connectivity index (χ2v) is 9.73. The van der Waals surface area contributed by atoms with Crippen molar-refractivity contribution in [3.63, 3.8) is 0 Å². The van der Waals surface area contributed by atoms with Gasteiger partial charge in [0.2, 0.25) is 0 Å². The van der Waals surface area contributed by atoms with Crippen molar-refractivity contribution in [3.05, 3.63) is 89.0 Å². The van der Waals surface area contributed by atoms with Crippen molar-refractivity contribution in [3.8, 4) is 11.8 Å². The zero-order chi connectivity index (χ0) is 27.6. The molecule has 1 fully saturated rings. The highest BCUT2D eigenvalue weighted by atomic mass is 19.1. The molecular formula is C29H25FN6O4. The maximum Gasteiger partial charge on any atom is 0.335 e. The first-order chi connectivity index (χ1) is 19.5. The largest absolute Gasteiger partial charge is 0.483 e. The van der Waals surface area contributed by atoms with Gasteiger partial charge in [-0.2, -0.15) is 5.26 Å². The van der Waals surface area contributed by atoms with Crippen molar-refractivity contribution < 1.29 is 23.8 Å². The highest BCUT2D eigenvalue weighted by molar-refractivity contribution is 5.92. The molecule has 0 radical (unpaired) electrons. The third-order valence-corrected chi connectivity index (χ3v) is 7.06. The van der Waals surface area contributed by atoms with Gasteiger partial charge in [0.05, 0.1) is 53.1 Å². The SMILES string of the molecule is N#Cc1ccc(OCc2nccc(C3=CCN(Cc4nc5ccc(C(=O)O)cc5n4CC4CCO4)C3)n2)c(F)c1. The normalized spacial score (nSPS) is 16.9. The molecule has 40 heavy (non-hydrogen) atoms. The Morgan fingerprint density at radius 2 is 2.10 bits per heavy atom. The van der Waals surface area contributed by atoms with Crippen molar-refractivity contribution in [1.82, 2.24) is 24.4 Å². The van der Waals surface area contributed by atoms with Crippen LogP contribution in [0.5, 0.6) is 5.75 Å². The number of imidazole rings is 1. The lowest BCUT2D eigenvalue weighted by atomic mass is 10.1. The number of fused-ring (bicyclic) bond motifs is 1. The lowest BCUT2D eigenvalue weighted by molar-refractivity contribution is -0.0591. The first kappa shape index (κ1) is 25.6. The molecule has 0 bridgehead atoms. The Bertz CT molecular complexity index is 1670. The van der Waals surface area contributed by atoms with E-state index in [1.165, 1.54) is 12.1 Å². The van der Waals surface area contributed by atoms with Gasteiger partial charge in [-0.3, -0.25) is 4.90 Å². The van der Waals surface area contributed by atoms with E-state index >= 15 is 0 Å². The van der Waals surface area contributed by atoms with Crippen molar-refractivity contribution in [2.24, 2.45) is 0 Å². The van der Waals surface area contributed by atoms with Crippen LogP contribution in [0.4, 0.5) is 4.39 Å². The fourth-order valence-electron chi connectivity index (χ4n) is 4.85. The second-order valence-electron chi connectivity index (χ2n) is 9.73. The molecule has 2 aromatic heterocycles. The molecule has 1 saturated heterocycles. The summed E-state index contributed by atoms with van der Waals surface area (Å²) >= 11 is 0. The number of carbonyl (C=O) groups is 1. The lowest BCUT2D eigenvalue weighted by Gasteiger charge is -2.28. The summed E-state index contributed by atoms with van der Waals surface area (Å²) in [4.78, 5) is 27.5. The molecule has 0 saturated carbocycles. The lowest BCUT2D eigenvalue weighted by Crippen LogP contribution is -2.32. The quantitative estimate of drug-likeness (QED) is 0.337. The predicted molar refractivity (Wildman–Crippen MR) is 142 cm³/mol. The first-order valence-electron chi connectivity index (χ1n) is 12.9. The molecular weight excluding hydrogens is 515 g/mol. The summed E-state index contributed by atoms with van der Waals surface area (Å²) in [6, 6.07) is 12.8. The zero-order valence-electron chi connectivity index (χ0n) is 21.5. The molecule has 2 aliphatic heterocycles. The van der Waals surface area contributed by atoms with Gasteiger partial charge in [0.1, 0.15) is 12.4 Å². The molecule has 4 aromatic rings. The van der Waals surface area contributed by atoms with Crippen LogP contribution in [-0.4, -0.2) is 61.3 Å². The number of halogens is 1. The van der Waals surface area contributed by atoms with Crippen molar-refractivity contribution in [2.75, 3.05) is 19.7 Å². The first-order valence-corrected chi connectivity index (χ1v) is 12.9. The number of hydrogen-bond donors (Lipinski definition) is 1.